The number of H-pyrrole nitrogens is 1. The van der Waals surface area contributed by atoms with Crippen molar-refractivity contribution in [3.63, 3.8) is 0 Å². The van der Waals surface area contributed by atoms with Crippen LogP contribution >= 0.6 is 0 Å². The molecule has 33 heavy (non-hydrogen) atoms. The lowest BCUT2D eigenvalue weighted by atomic mass is 9.73. The standard InChI is InChI=1S/C19H19F6N3O4S/c1-17(2,33(30,31)13-5-3-4-12(8-13)32-19(23,24)25)10-6-11(7-10)26-16(29)14-9-15(28-27-14)18(20,21)22/h3-5,8-11H,6-7H2,1-2H3,(H,26,29)(H,27,28)/t10-,11-. The average molecular weight is 499 g/mol. The van der Waals surface area contributed by atoms with Gasteiger partial charge in [0.2, 0.25) is 0 Å². The summed E-state index contributed by atoms with van der Waals surface area (Å²) in [7, 11) is -4.10. The van der Waals surface area contributed by atoms with E-state index in [0.717, 1.165) is 24.3 Å². The zero-order valence-corrected chi connectivity index (χ0v) is 18.0. The zero-order chi connectivity index (χ0) is 24.8. The van der Waals surface area contributed by atoms with Gasteiger partial charge in [-0.25, -0.2) is 8.42 Å². The molecule has 182 valence electrons. The number of ether oxygens (including phenoxy) is 1. The summed E-state index contributed by atoms with van der Waals surface area (Å²) in [5.74, 6) is -1.96. The Labute approximate surface area is 184 Å². The van der Waals surface area contributed by atoms with E-state index in [0.29, 0.717) is 6.07 Å². The highest BCUT2D eigenvalue weighted by Gasteiger charge is 2.49. The predicted octanol–water partition coefficient (Wildman–Crippen LogP) is 4.09. The van der Waals surface area contributed by atoms with E-state index in [-0.39, 0.29) is 23.4 Å². The second-order valence-electron chi connectivity index (χ2n) is 8.13. The number of nitrogens with zero attached hydrogens (tertiary/aromatic N) is 1. The zero-order valence-electron chi connectivity index (χ0n) is 17.2. The van der Waals surface area contributed by atoms with Crippen LogP contribution in [0.5, 0.6) is 5.75 Å². The third-order valence-electron chi connectivity index (χ3n) is 5.61. The van der Waals surface area contributed by atoms with Crippen molar-refractivity contribution < 1.29 is 44.3 Å². The van der Waals surface area contributed by atoms with Crippen molar-refractivity contribution in [3.05, 3.63) is 41.7 Å². The molecule has 1 amide bonds. The fraction of sp³-hybridized carbons (Fsp3) is 0.474. The van der Waals surface area contributed by atoms with Crippen LogP contribution in [0.15, 0.2) is 35.2 Å². The number of carbonyl (C=O) groups is 1. The number of aromatic nitrogens is 2. The lowest BCUT2D eigenvalue weighted by Crippen LogP contribution is -2.53. The molecule has 1 aliphatic carbocycles. The summed E-state index contributed by atoms with van der Waals surface area (Å²) in [4.78, 5) is 11.8. The third kappa shape index (κ3) is 5.25. The lowest BCUT2D eigenvalue weighted by molar-refractivity contribution is -0.274. The van der Waals surface area contributed by atoms with Crippen molar-refractivity contribution in [2.45, 2.75) is 54.9 Å². The number of carbonyl (C=O) groups excluding carboxylic acids is 1. The van der Waals surface area contributed by atoms with Crippen molar-refractivity contribution in [1.82, 2.24) is 15.5 Å². The molecule has 1 aliphatic rings. The van der Waals surface area contributed by atoms with E-state index < -0.39 is 56.4 Å². The van der Waals surface area contributed by atoms with Crippen LogP contribution in [0, 0.1) is 5.92 Å². The minimum atomic E-state index is -4.98. The molecule has 1 aromatic heterocycles. The number of benzene rings is 1. The quantitative estimate of drug-likeness (QED) is 0.584. The second kappa shape index (κ2) is 8.22. The number of hydrogen-bond donors (Lipinski definition) is 2. The Bertz CT molecular complexity index is 1130. The van der Waals surface area contributed by atoms with Gasteiger partial charge < -0.3 is 10.1 Å². The molecule has 0 radical (unpaired) electrons. The molecule has 1 heterocycles. The van der Waals surface area contributed by atoms with Crippen molar-refractivity contribution in [1.29, 1.82) is 0 Å². The minimum Gasteiger partial charge on any atom is -0.406 e. The molecule has 0 aliphatic heterocycles. The first-order valence-corrected chi connectivity index (χ1v) is 11.0. The molecule has 0 spiro atoms. The summed E-state index contributed by atoms with van der Waals surface area (Å²) in [6.07, 6.45) is -9.28. The largest absolute Gasteiger partial charge is 0.573 e. The highest BCUT2D eigenvalue weighted by molar-refractivity contribution is 7.92. The number of rotatable bonds is 6. The first-order valence-electron chi connectivity index (χ1n) is 9.54. The van der Waals surface area contributed by atoms with Crippen molar-refractivity contribution >= 4 is 15.7 Å². The average Bonchev–Trinajstić information content (AvgIpc) is 3.13. The summed E-state index contributed by atoms with van der Waals surface area (Å²) in [6, 6.07) is 4.14. The molecule has 0 bridgehead atoms. The SMILES string of the molecule is CC(C)([C@H]1C[C@H](NC(=O)c2cc(C(F)(F)F)n[nH]2)C1)S(=O)(=O)c1cccc(OC(F)(F)F)c1. The van der Waals surface area contributed by atoms with Crippen LogP contribution in [-0.2, 0) is 16.0 Å². The maximum atomic E-state index is 13.1. The van der Waals surface area contributed by atoms with E-state index in [9.17, 15) is 39.6 Å². The van der Waals surface area contributed by atoms with E-state index >= 15 is 0 Å². The molecule has 0 saturated heterocycles. The van der Waals surface area contributed by atoms with E-state index in [1.54, 1.807) is 0 Å². The van der Waals surface area contributed by atoms with Gasteiger partial charge in [-0.1, -0.05) is 6.07 Å². The Balaban J connectivity index is 1.66. The Kier molecular flexibility index (Phi) is 6.19. The number of sulfone groups is 1. The Morgan fingerprint density at radius 3 is 2.30 bits per heavy atom. The molecule has 1 fully saturated rings. The summed E-state index contributed by atoms with van der Waals surface area (Å²) >= 11 is 0. The Morgan fingerprint density at radius 1 is 1.12 bits per heavy atom. The van der Waals surface area contributed by atoms with Gasteiger partial charge in [0, 0.05) is 12.1 Å². The highest BCUT2D eigenvalue weighted by Crippen LogP contribution is 2.44. The molecule has 0 atom stereocenters. The Hall–Kier alpha value is -2.77. The molecule has 2 aromatic rings. The van der Waals surface area contributed by atoms with Gasteiger partial charge in [-0.15, -0.1) is 13.2 Å². The molecule has 0 unspecified atom stereocenters. The monoisotopic (exact) mass is 499 g/mol. The van der Waals surface area contributed by atoms with Crippen LogP contribution in [0.2, 0.25) is 0 Å². The van der Waals surface area contributed by atoms with Crippen molar-refractivity contribution in [3.8, 4) is 5.75 Å². The van der Waals surface area contributed by atoms with Crippen LogP contribution in [-0.4, -0.2) is 41.7 Å². The van der Waals surface area contributed by atoms with Crippen LogP contribution in [0.4, 0.5) is 26.3 Å². The molecule has 3 rings (SSSR count). The van der Waals surface area contributed by atoms with Crippen LogP contribution in [0.1, 0.15) is 42.9 Å². The first kappa shape index (κ1) is 24.9. The van der Waals surface area contributed by atoms with Gasteiger partial charge in [0.05, 0.1) is 9.64 Å². The van der Waals surface area contributed by atoms with Gasteiger partial charge in [-0.2, -0.15) is 18.3 Å². The van der Waals surface area contributed by atoms with E-state index in [1.165, 1.54) is 13.8 Å². The third-order valence-corrected chi connectivity index (χ3v) is 8.20. The normalized spacial score (nSPS) is 19.6. The molecule has 2 N–H and O–H groups in total. The van der Waals surface area contributed by atoms with Crippen molar-refractivity contribution in [2.24, 2.45) is 5.92 Å². The minimum absolute atomic E-state index is 0.205. The maximum Gasteiger partial charge on any atom is 0.573 e. The van der Waals surface area contributed by atoms with Crippen LogP contribution in [0.3, 0.4) is 0 Å². The lowest BCUT2D eigenvalue weighted by Gasteiger charge is -2.44. The van der Waals surface area contributed by atoms with Crippen molar-refractivity contribution in [2.75, 3.05) is 0 Å². The smallest absolute Gasteiger partial charge is 0.406 e. The summed E-state index contributed by atoms with van der Waals surface area (Å²) in [6.45, 7) is 2.85. The maximum absolute atomic E-state index is 13.1. The number of halogens is 6. The molecule has 1 aromatic carbocycles. The number of hydrogen-bond acceptors (Lipinski definition) is 5. The number of aromatic amines is 1. The summed E-state index contributed by atoms with van der Waals surface area (Å²) in [5.41, 5.74) is -1.64. The van der Waals surface area contributed by atoms with Crippen LogP contribution < -0.4 is 10.1 Å². The molecule has 1 saturated carbocycles. The topological polar surface area (TPSA) is 101 Å². The van der Waals surface area contributed by atoms with E-state index in [1.807, 2.05) is 5.10 Å². The number of nitrogens with one attached hydrogen (secondary N) is 2. The second-order valence-corrected chi connectivity index (χ2v) is 10.7. The predicted molar refractivity (Wildman–Crippen MR) is 102 cm³/mol. The van der Waals surface area contributed by atoms with Gasteiger partial charge >= 0.3 is 12.5 Å². The van der Waals surface area contributed by atoms with Gasteiger partial charge in [0.25, 0.3) is 5.91 Å². The van der Waals surface area contributed by atoms with Crippen LogP contribution in [0.25, 0.3) is 0 Å². The fourth-order valence-corrected chi connectivity index (χ4v) is 5.28. The molecule has 14 heteroatoms. The van der Waals surface area contributed by atoms with Gasteiger partial charge in [-0.05, 0) is 50.8 Å². The van der Waals surface area contributed by atoms with E-state index in [4.69, 9.17) is 0 Å². The van der Waals surface area contributed by atoms with Gasteiger partial charge in [0.1, 0.15) is 11.4 Å². The first-order chi connectivity index (χ1) is 15.0. The summed E-state index contributed by atoms with van der Waals surface area (Å²) in [5, 5.41) is 7.55. The highest BCUT2D eigenvalue weighted by atomic mass is 32.2. The Morgan fingerprint density at radius 2 is 1.76 bits per heavy atom. The number of alkyl halides is 6. The van der Waals surface area contributed by atoms with Gasteiger partial charge in [-0.3, -0.25) is 9.89 Å². The molecule has 7 nitrogen and oxygen atoms in total. The molecular weight excluding hydrogens is 480 g/mol. The summed E-state index contributed by atoms with van der Waals surface area (Å²) < 4.78 is 104. The van der Waals surface area contributed by atoms with Gasteiger partial charge in [0.15, 0.2) is 15.5 Å². The molecular formula is C19H19F6N3O4S. The number of amides is 1. The fourth-order valence-electron chi connectivity index (χ4n) is 3.51. The van der Waals surface area contributed by atoms with E-state index in [2.05, 4.69) is 15.2 Å².